The molecule has 2 fully saturated rings. The summed E-state index contributed by atoms with van der Waals surface area (Å²) in [6.45, 7) is 4.96. The van der Waals surface area contributed by atoms with Gasteiger partial charge in [0, 0.05) is 56.4 Å². The summed E-state index contributed by atoms with van der Waals surface area (Å²) >= 11 is 0. The molecule has 31 heavy (non-hydrogen) atoms. The number of fused-ring (bicyclic) bond motifs is 4. The van der Waals surface area contributed by atoms with Crippen LogP contribution in [0.1, 0.15) is 29.3 Å². The maximum absolute atomic E-state index is 13.3. The average molecular weight is 422 g/mol. The third kappa shape index (κ3) is 3.97. The predicted octanol–water partition coefficient (Wildman–Crippen LogP) is 0.932. The topological polar surface area (TPSA) is 94.6 Å². The van der Waals surface area contributed by atoms with Crippen LogP contribution in [0.25, 0.3) is 0 Å². The lowest BCUT2D eigenvalue weighted by atomic mass is 9.83. The van der Waals surface area contributed by atoms with Crippen molar-refractivity contribution in [1.82, 2.24) is 14.5 Å². The molecule has 2 aromatic heterocycles. The largest absolute Gasteiger partial charge is 0.394 e. The number of aliphatic hydroxyl groups excluding tert-OH is 1. The van der Waals surface area contributed by atoms with Crippen molar-refractivity contribution >= 4 is 5.82 Å². The Morgan fingerprint density at radius 1 is 1.19 bits per heavy atom. The highest BCUT2D eigenvalue weighted by Gasteiger charge is 2.35. The van der Waals surface area contributed by atoms with Gasteiger partial charge in [0.05, 0.1) is 19.3 Å². The van der Waals surface area contributed by atoms with Crippen LogP contribution in [0.2, 0.25) is 0 Å². The molecule has 0 saturated carbocycles. The quantitative estimate of drug-likeness (QED) is 0.785. The number of piperidine rings is 1. The molecule has 0 spiro atoms. The number of ether oxygens (including phenoxy) is 1. The van der Waals surface area contributed by atoms with Crippen LogP contribution in [-0.4, -0.2) is 65.1 Å². The summed E-state index contributed by atoms with van der Waals surface area (Å²) in [6.07, 6.45) is 0.905. The zero-order chi connectivity index (χ0) is 21.4. The van der Waals surface area contributed by atoms with E-state index in [9.17, 15) is 9.90 Å². The lowest BCUT2D eigenvalue weighted by molar-refractivity contribution is -0.0552. The highest BCUT2D eigenvalue weighted by Crippen LogP contribution is 2.36. The molecule has 5 heterocycles. The Bertz CT molecular complexity index is 1060. The summed E-state index contributed by atoms with van der Waals surface area (Å²) in [7, 11) is 0. The molecule has 0 aliphatic carbocycles. The van der Waals surface area contributed by atoms with Gasteiger partial charge in [0.25, 0.3) is 5.56 Å². The van der Waals surface area contributed by atoms with Crippen molar-refractivity contribution in [1.29, 1.82) is 5.26 Å². The molecule has 2 aromatic rings. The van der Waals surface area contributed by atoms with E-state index in [2.05, 4.69) is 26.9 Å². The molecule has 3 atom stereocenters. The first-order valence-electron chi connectivity index (χ1n) is 10.9. The van der Waals surface area contributed by atoms with Crippen LogP contribution in [0.4, 0.5) is 5.82 Å². The van der Waals surface area contributed by atoms with E-state index in [1.807, 2.05) is 22.8 Å². The Hall–Kier alpha value is -2.73. The zero-order valence-corrected chi connectivity index (χ0v) is 17.5. The van der Waals surface area contributed by atoms with Crippen molar-refractivity contribution < 1.29 is 9.84 Å². The number of hydrogen-bond acceptors (Lipinski definition) is 7. The van der Waals surface area contributed by atoms with E-state index in [1.54, 1.807) is 6.07 Å². The number of aromatic nitrogens is 2. The fourth-order valence-electron chi connectivity index (χ4n) is 5.24. The second-order valence-corrected chi connectivity index (χ2v) is 8.81. The van der Waals surface area contributed by atoms with Crippen LogP contribution in [0.15, 0.2) is 35.1 Å². The van der Waals surface area contributed by atoms with Crippen molar-refractivity contribution in [2.75, 3.05) is 44.3 Å². The Kier molecular flexibility index (Phi) is 5.48. The number of hydrogen-bond donors (Lipinski definition) is 1. The number of anilines is 1. The number of aliphatic hydroxyl groups is 1. The third-order valence-corrected chi connectivity index (χ3v) is 6.68. The highest BCUT2D eigenvalue weighted by atomic mass is 16.5. The highest BCUT2D eigenvalue weighted by molar-refractivity contribution is 5.43. The van der Waals surface area contributed by atoms with E-state index in [-0.39, 0.29) is 24.2 Å². The van der Waals surface area contributed by atoms with Crippen LogP contribution in [-0.2, 0) is 17.8 Å². The molecule has 0 aromatic carbocycles. The minimum absolute atomic E-state index is 0.00562. The van der Waals surface area contributed by atoms with Crippen LogP contribution in [0.3, 0.4) is 0 Å². The molecule has 0 unspecified atom stereocenters. The van der Waals surface area contributed by atoms with E-state index in [4.69, 9.17) is 10.00 Å². The van der Waals surface area contributed by atoms with Gasteiger partial charge in [0.15, 0.2) is 0 Å². The standard InChI is InChI=1S/C23H27N5O3/c24-9-19-2-1-3-22(25-19)27-10-16-8-18(13-27)21-5-4-17(23(30)28(21)11-16)12-26-6-7-31-20(14-26)15-29/h1-5,16,18,20,29H,6-8,10-15H2/t16-,18+,20-/m0/s1. The third-order valence-electron chi connectivity index (χ3n) is 6.68. The maximum Gasteiger partial charge on any atom is 0.255 e. The number of morpholine rings is 1. The van der Waals surface area contributed by atoms with Gasteiger partial charge in [0.2, 0.25) is 0 Å². The molecule has 5 rings (SSSR count). The number of pyridine rings is 2. The van der Waals surface area contributed by atoms with E-state index >= 15 is 0 Å². The normalized spacial score (nSPS) is 25.7. The van der Waals surface area contributed by atoms with Gasteiger partial charge in [-0.1, -0.05) is 12.1 Å². The molecule has 3 aliphatic rings. The molecule has 162 valence electrons. The average Bonchev–Trinajstić information content (AvgIpc) is 2.81. The van der Waals surface area contributed by atoms with E-state index in [1.165, 1.54) is 0 Å². The second kappa shape index (κ2) is 8.42. The summed E-state index contributed by atoms with van der Waals surface area (Å²) in [5.74, 6) is 1.50. The molecule has 2 saturated heterocycles. The fourth-order valence-corrected chi connectivity index (χ4v) is 5.24. The van der Waals surface area contributed by atoms with Gasteiger partial charge in [-0.25, -0.2) is 4.98 Å². The Balaban J connectivity index is 1.36. The number of nitriles is 1. The first kappa shape index (κ1) is 20.2. The summed E-state index contributed by atoms with van der Waals surface area (Å²) in [5, 5.41) is 18.5. The van der Waals surface area contributed by atoms with Gasteiger partial charge >= 0.3 is 0 Å². The van der Waals surface area contributed by atoms with Crippen LogP contribution in [0, 0.1) is 17.2 Å². The van der Waals surface area contributed by atoms with Crippen molar-refractivity contribution in [3.63, 3.8) is 0 Å². The molecule has 1 N–H and O–H groups in total. The summed E-state index contributed by atoms with van der Waals surface area (Å²) in [4.78, 5) is 22.2. The summed E-state index contributed by atoms with van der Waals surface area (Å²) < 4.78 is 7.51. The van der Waals surface area contributed by atoms with Crippen molar-refractivity contribution in [3.8, 4) is 6.07 Å². The first-order valence-corrected chi connectivity index (χ1v) is 10.9. The van der Waals surface area contributed by atoms with Crippen molar-refractivity contribution in [2.45, 2.75) is 31.5 Å². The Labute approximate surface area is 181 Å². The minimum atomic E-state index is -0.174. The van der Waals surface area contributed by atoms with Crippen molar-refractivity contribution in [3.05, 3.63) is 57.6 Å². The van der Waals surface area contributed by atoms with E-state index in [0.29, 0.717) is 31.3 Å². The Morgan fingerprint density at radius 2 is 2.10 bits per heavy atom. The fraction of sp³-hybridized carbons (Fsp3) is 0.522. The first-order chi connectivity index (χ1) is 15.1. The zero-order valence-electron chi connectivity index (χ0n) is 17.5. The molecule has 0 amide bonds. The van der Waals surface area contributed by atoms with Gasteiger partial charge in [-0.05, 0) is 30.5 Å². The summed E-state index contributed by atoms with van der Waals surface area (Å²) in [6, 6.07) is 11.8. The molecule has 3 aliphatic heterocycles. The molecular formula is C23H27N5O3. The second-order valence-electron chi connectivity index (χ2n) is 8.81. The lowest BCUT2D eigenvalue weighted by Gasteiger charge is -2.43. The van der Waals surface area contributed by atoms with E-state index < -0.39 is 0 Å². The van der Waals surface area contributed by atoms with Crippen LogP contribution < -0.4 is 10.5 Å². The smallest absolute Gasteiger partial charge is 0.255 e. The van der Waals surface area contributed by atoms with Gasteiger partial charge < -0.3 is 19.3 Å². The molecule has 2 bridgehead atoms. The molecule has 0 radical (unpaired) electrons. The number of nitrogens with zero attached hydrogens (tertiary/aromatic N) is 5. The van der Waals surface area contributed by atoms with Gasteiger partial charge in [0.1, 0.15) is 17.6 Å². The van der Waals surface area contributed by atoms with Gasteiger partial charge in [-0.2, -0.15) is 5.26 Å². The Morgan fingerprint density at radius 3 is 2.94 bits per heavy atom. The number of rotatable bonds is 4. The van der Waals surface area contributed by atoms with Crippen molar-refractivity contribution in [2.24, 2.45) is 5.92 Å². The minimum Gasteiger partial charge on any atom is -0.394 e. The predicted molar refractivity (Wildman–Crippen MR) is 115 cm³/mol. The lowest BCUT2D eigenvalue weighted by Crippen LogP contribution is -2.48. The van der Waals surface area contributed by atoms with Gasteiger partial charge in [-0.15, -0.1) is 0 Å². The molecule has 8 nitrogen and oxygen atoms in total. The summed E-state index contributed by atoms with van der Waals surface area (Å²) in [5.41, 5.74) is 2.45. The van der Waals surface area contributed by atoms with E-state index in [0.717, 1.165) is 49.7 Å². The monoisotopic (exact) mass is 421 g/mol. The van der Waals surface area contributed by atoms with Crippen LogP contribution >= 0.6 is 0 Å². The van der Waals surface area contributed by atoms with Gasteiger partial charge in [-0.3, -0.25) is 9.69 Å². The molecular weight excluding hydrogens is 394 g/mol. The molecule has 8 heteroatoms. The van der Waals surface area contributed by atoms with Crippen LogP contribution in [0.5, 0.6) is 0 Å². The maximum atomic E-state index is 13.3. The SMILES string of the molecule is N#Cc1cccc(N2C[C@@H]3C[C@H](C2)c2ccc(CN4CCO[C@H](CO)C4)c(=O)n2C3)n1.